The van der Waals surface area contributed by atoms with Gasteiger partial charge in [-0.25, -0.2) is 9.97 Å². The molecule has 1 fully saturated rings. The zero-order chi connectivity index (χ0) is 17.8. The Hall–Kier alpha value is -2.96. The first-order chi connectivity index (χ1) is 12.8. The Morgan fingerprint density at radius 1 is 1.31 bits per heavy atom. The van der Waals surface area contributed by atoms with Crippen molar-refractivity contribution in [2.24, 2.45) is 0 Å². The van der Waals surface area contributed by atoms with Gasteiger partial charge in [0.05, 0.1) is 17.2 Å². The Bertz CT molecular complexity index is 845. The summed E-state index contributed by atoms with van der Waals surface area (Å²) < 4.78 is 0. The molecule has 2 N–H and O–H groups in total. The molecule has 134 valence electrons. The summed E-state index contributed by atoms with van der Waals surface area (Å²) >= 11 is 0. The largest absolute Gasteiger partial charge is 0.353 e. The van der Waals surface area contributed by atoms with Crippen LogP contribution in [0.3, 0.4) is 0 Å². The fourth-order valence-electron chi connectivity index (χ4n) is 3.41. The zero-order valence-corrected chi connectivity index (χ0v) is 14.6. The summed E-state index contributed by atoms with van der Waals surface area (Å²) in [7, 11) is 0. The van der Waals surface area contributed by atoms with E-state index in [0.29, 0.717) is 12.8 Å². The summed E-state index contributed by atoms with van der Waals surface area (Å²) in [5.74, 6) is 1.79. The molecule has 1 atom stereocenters. The van der Waals surface area contributed by atoms with Crippen molar-refractivity contribution in [2.45, 2.75) is 31.7 Å². The van der Waals surface area contributed by atoms with E-state index in [2.05, 4.69) is 30.2 Å². The average molecular weight is 350 g/mol. The van der Waals surface area contributed by atoms with E-state index in [-0.39, 0.29) is 11.9 Å². The van der Waals surface area contributed by atoms with Crippen LogP contribution >= 0.6 is 0 Å². The second-order valence-electron chi connectivity index (χ2n) is 6.62. The van der Waals surface area contributed by atoms with Gasteiger partial charge in [-0.05, 0) is 25.0 Å². The van der Waals surface area contributed by atoms with Gasteiger partial charge in [0.25, 0.3) is 0 Å². The maximum Gasteiger partial charge on any atom is 0.220 e. The molecule has 0 saturated carbocycles. The number of rotatable bonds is 5. The van der Waals surface area contributed by atoms with Crippen LogP contribution in [0.15, 0.2) is 42.9 Å². The minimum atomic E-state index is 0.0662. The third-order valence-electron chi connectivity index (χ3n) is 4.69. The van der Waals surface area contributed by atoms with E-state index < -0.39 is 0 Å². The molecule has 0 bridgehead atoms. The van der Waals surface area contributed by atoms with Crippen LogP contribution in [0.4, 0.5) is 5.82 Å². The van der Waals surface area contributed by atoms with Crippen LogP contribution in [-0.2, 0) is 11.2 Å². The summed E-state index contributed by atoms with van der Waals surface area (Å²) in [4.78, 5) is 30.8. The Balaban J connectivity index is 1.30. The van der Waals surface area contributed by atoms with E-state index in [1.807, 2.05) is 24.3 Å². The second-order valence-corrected chi connectivity index (χ2v) is 6.62. The number of amides is 1. The van der Waals surface area contributed by atoms with Gasteiger partial charge in [0.15, 0.2) is 0 Å². The number of anilines is 1. The molecule has 2 aromatic heterocycles. The van der Waals surface area contributed by atoms with Gasteiger partial charge in [-0.1, -0.05) is 12.1 Å². The molecule has 0 spiro atoms. The predicted octanol–water partition coefficient (Wildman–Crippen LogP) is 2.07. The lowest BCUT2D eigenvalue weighted by atomic mass is 10.1. The molecule has 1 amide bonds. The highest BCUT2D eigenvalue weighted by Gasteiger charge is 2.22. The molecule has 26 heavy (non-hydrogen) atoms. The number of imidazole rings is 1. The highest BCUT2D eigenvalue weighted by atomic mass is 16.1. The third-order valence-corrected chi connectivity index (χ3v) is 4.69. The number of nitrogens with one attached hydrogen (secondary N) is 2. The van der Waals surface area contributed by atoms with Gasteiger partial charge in [0, 0.05) is 44.4 Å². The molecule has 1 aliphatic rings. The van der Waals surface area contributed by atoms with E-state index in [4.69, 9.17) is 0 Å². The van der Waals surface area contributed by atoms with Gasteiger partial charge in [-0.15, -0.1) is 0 Å². The number of hydrogen-bond acceptors (Lipinski definition) is 5. The molecule has 3 aromatic rings. The van der Waals surface area contributed by atoms with Crippen molar-refractivity contribution in [3.8, 4) is 0 Å². The van der Waals surface area contributed by atoms with Crippen LogP contribution < -0.4 is 10.2 Å². The summed E-state index contributed by atoms with van der Waals surface area (Å²) in [5, 5.41) is 3.15. The highest BCUT2D eigenvalue weighted by molar-refractivity contribution is 5.77. The van der Waals surface area contributed by atoms with Gasteiger partial charge in [0.2, 0.25) is 5.91 Å². The number of benzene rings is 1. The minimum absolute atomic E-state index is 0.0662. The molecule has 1 saturated heterocycles. The van der Waals surface area contributed by atoms with Gasteiger partial charge in [-0.2, -0.15) is 0 Å². The van der Waals surface area contributed by atoms with Crippen molar-refractivity contribution < 1.29 is 4.79 Å². The van der Waals surface area contributed by atoms with Gasteiger partial charge >= 0.3 is 0 Å². The van der Waals surface area contributed by atoms with Crippen LogP contribution in [0.5, 0.6) is 0 Å². The number of aryl methyl sites for hydroxylation is 1. The molecule has 7 heteroatoms. The van der Waals surface area contributed by atoms with Crippen LogP contribution in [-0.4, -0.2) is 45.0 Å². The monoisotopic (exact) mass is 350 g/mol. The van der Waals surface area contributed by atoms with Crippen LogP contribution in [0.1, 0.15) is 25.1 Å². The number of aromatic amines is 1. The maximum absolute atomic E-state index is 12.3. The molecule has 1 aromatic carbocycles. The smallest absolute Gasteiger partial charge is 0.220 e. The first-order valence-corrected chi connectivity index (χ1v) is 9.02. The van der Waals surface area contributed by atoms with E-state index in [0.717, 1.165) is 48.6 Å². The normalized spacial score (nSPS) is 17.4. The molecule has 7 nitrogen and oxygen atoms in total. The number of aromatic nitrogens is 4. The number of carbonyl (C=O) groups excluding carboxylic acids is 1. The summed E-state index contributed by atoms with van der Waals surface area (Å²) in [6, 6.07) is 8.05. The Morgan fingerprint density at radius 2 is 2.23 bits per heavy atom. The number of para-hydroxylation sites is 2. The van der Waals surface area contributed by atoms with E-state index >= 15 is 0 Å². The minimum Gasteiger partial charge on any atom is -0.353 e. The second kappa shape index (κ2) is 7.51. The number of fused-ring (bicyclic) bond motifs is 1. The summed E-state index contributed by atoms with van der Waals surface area (Å²) in [5.41, 5.74) is 1.95. The number of hydrogen-bond donors (Lipinski definition) is 2. The number of nitrogens with zero attached hydrogens (tertiary/aromatic N) is 4. The molecule has 0 radical (unpaired) electrons. The fourth-order valence-corrected chi connectivity index (χ4v) is 3.41. The van der Waals surface area contributed by atoms with Crippen molar-refractivity contribution in [1.82, 2.24) is 25.3 Å². The SMILES string of the molecule is O=C(CCc1nc2ccccc2[nH]1)N[C@H]1CCCN(c2cnccn2)C1. The Morgan fingerprint density at radius 3 is 3.08 bits per heavy atom. The number of carbonyl (C=O) groups is 1. The lowest BCUT2D eigenvalue weighted by Gasteiger charge is -2.33. The zero-order valence-electron chi connectivity index (χ0n) is 14.6. The first-order valence-electron chi connectivity index (χ1n) is 9.02. The molecule has 3 heterocycles. The van der Waals surface area contributed by atoms with Crippen molar-refractivity contribution in [1.29, 1.82) is 0 Å². The molecule has 0 unspecified atom stereocenters. The van der Waals surface area contributed by atoms with E-state index in [1.54, 1.807) is 18.6 Å². The Labute approximate surface area is 151 Å². The summed E-state index contributed by atoms with van der Waals surface area (Å²) in [6.45, 7) is 1.72. The quantitative estimate of drug-likeness (QED) is 0.736. The van der Waals surface area contributed by atoms with Crippen LogP contribution in [0.25, 0.3) is 11.0 Å². The van der Waals surface area contributed by atoms with Crippen molar-refractivity contribution in [3.05, 3.63) is 48.7 Å². The maximum atomic E-state index is 12.3. The summed E-state index contributed by atoms with van der Waals surface area (Å²) in [6.07, 6.45) is 8.21. The fraction of sp³-hybridized carbons (Fsp3) is 0.368. The van der Waals surface area contributed by atoms with Crippen LogP contribution in [0, 0.1) is 0 Å². The molecule has 0 aliphatic carbocycles. The number of piperidine rings is 1. The van der Waals surface area contributed by atoms with Gasteiger partial charge < -0.3 is 15.2 Å². The first kappa shape index (κ1) is 16.5. The third kappa shape index (κ3) is 3.82. The van der Waals surface area contributed by atoms with Gasteiger partial charge in [0.1, 0.15) is 11.6 Å². The Kier molecular flexibility index (Phi) is 4.77. The van der Waals surface area contributed by atoms with Crippen LogP contribution in [0.2, 0.25) is 0 Å². The predicted molar refractivity (Wildman–Crippen MR) is 99.8 cm³/mol. The van der Waals surface area contributed by atoms with E-state index in [9.17, 15) is 4.79 Å². The molecule has 1 aliphatic heterocycles. The van der Waals surface area contributed by atoms with E-state index in [1.165, 1.54) is 0 Å². The van der Waals surface area contributed by atoms with Crippen molar-refractivity contribution in [2.75, 3.05) is 18.0 Å². The molecule has 4 rings (SSSR count). The standard InChI is InChI=1S/C19H22N6O/c26-19(8-7-17-23-15-5-1-2-6-16(15)24-17)22-14-4-3-11-25(13-14)18-12-20-9-10-21-18/h1-2,5-6,9-10,12,14H,3-4,7-8,11,13H2,(H,22,26)(H,23,24)/t14-/m0/s1. The lowest BCUT2D eigenvalue weighted by Crippen LogP contribution is -2.48. The van der Waals surface area contributed by atoms with Gasteiger partial charge in [-0.3, -0.25) is 9.78 Å². The lowest BCUT2D eigenvalue weighted by molar-refractivity contribution is -0.121. The van der Waals surface area contributed by atoms with Crippen molar-refractivity contribution in [3.63, 3.8) is 0 Å². The average Bonchev–Trinajstić information content (AvgIpc) is 3.10. The highest BCUT2D eigenvalue weighted by Crippen LogP contribution is 2.17. The molecular formula is C19H22N6O. The molecular weight excluding hydrogens is 328 g/mol. The van der Waals surface area contributed by atoms with Crippen molar-refractivity contribution >= 4 is 22.8 Å². The topological polar surface area (TPSA) is 86.8 Å². The number of H-pyrrole nitrogens is 1.